The van der Waals surface area contributed by atoms with Crippen LogP contribution in [0.15, 0.2) is 18.5 Å². The van der Waals surface area contributed by atoms with Crippen molar-refractivity contribution in [2.45, 2.75) is 19.5 Å². The van der Waals surface area contributed by atoms with Crippen molar-refractivity contribution in [3.8, 4) is 11.4 Å². The maximum atomic E-state index is 12.2. The van der Waals surface area contributed by atoms with Gasteiger partial charge in [0.1, 0.15) is 0 Å². The van der Waals surface area contributed by atoms with Crippen LogP contribution in [0.1, 0.15) is 11.8 Å². The van der Waals surface area contributed by atoms with Gasteiger partial charge in [-0.25, -0.2) is 19.9 Å². The number of ether oxygens (including phenoxy) is 1. The second-order valence-electron chi connectivity index (χ2n) is 8.62. The topological polar surface area (TPSA) is 140 Å². The van der Waals surface area contributed by atoms with E-state index in [1.165, 1.54) is 4.88 Å². The number of nitrogen functional groups attached to an aromatic ring is 1. The molecule has 2 aliphatic rings. The molecule has 0 aliphatic carbocycles. The van der Waals surface area contributed by atoms with Gasteiger partial charge >= 0.3 is 0 Å². The van der Waals surface area contributed by atoms with Crippen LogP contribution in [-0.4, -0.2) is 94.2 Å². The molecule has 5 rings (SSSR count). The Hall–Kier alpha value is -2.93. The highest BCUT2D eigenvalue weighted by atomic mass is 32.1. The third-order valence-corrected chi connectivity index (χ3v) is 7.20. The molecular formula is C22H29N9O2S. The van der Waals surface area contributed by atoms with Gasteiger partial charge in [-0.2, -0.15) is 0 Å². The lowest BCUT2D eigenvalue weighted by Gasteiger charge is -2.35. The second kappa shape index (κ2) is 9.74. The Bertz CT molecular complexity index is 1150. The minimum atomic E-state index is -0.452. The molecule has 1 unspecified atom stereocenters. The normalized spacial score (nSPS) is 18.4. The first kappa shape index (κ1) is 22.8. The van der Waals surface area contributed by atoms with E-state index in [4.69, 9.17) is 26.2 Å². The quantitative estimate of drug-likeness (QED) is 0.529. The van der Waals surface area contributed by atoms with Crippen LogP contribution in [0.25, 0.3) is 21.6 Å². The van der Waals surface area contributed by atoms with Gasteiger partial charge in [0.25, 0.3) is 0 Å². The number of thiophene rings is 1. The summed E-state index contributed by atoms with van der Waals surface area (Å²) in [6, 6.07) is 1.69. The van der Waals surface area contributed by atoms with E-state index in [0.717, 1.165) is 54.3 Å². The highest BCUT2D eigenvalue weighted by Crippen LogP contribution is 2.35. The van der Waals surface area contributed by atoms with Crippen molar-refractivity contribution in [1.29, 1.82) is 0 Å². The lowest BCUT2D eigenvalue weighted by atomic mass is 10.2. The smallest absolute Gasteiger partial charge is 0.239 e. The van der Waals surface area contributed by atoms with Crippen LogP contribution >= 0.6 is 11.3 Å². The molecule has 0 bridgehead atoms. The van der Waals surface area contributed by atoms with Crippen molar-refractivity contribution in [3.05, 3.63) is 23.3 Å². The Morgan fingerprint density at radius 3 is 2.50 bits per heavy atom. The van der Waals surface area contributed by atoms with Crippen LogP contribution in [0.5, 0.6) is 0 Å². The molecule has 180 valence electrons. The second-order valence-corrected chi connectivity index (χ2v) is 9.75. The summed E-state index contributed by atoms with van der Waals surface area (Å²) in [5, 5.41) is 0. The molecule has 3 aromatic rings. The van der Waals surface area contributed by atoms with Gasteiger partial charge in [0.2, 0.25) is 11.9 Å². The molecule has 2 saturated heterocycles. The fraction of sp³-hybridized carbons (Fsp3) is 0.500. The van der Waals surface area contributed by atoms with Crippen molar-refractivity contribution in [2.24, 2.45) is 5.73 Å². The highest BCUT2D eigenvalue weighted by Gasteiger charge is 2.25. The average Bonchev–Trinajstić information content (AvgIpc) is 3.26. The minimum absolute atomic E-state index is 0.0196. The molecule has 5 heterocycles. The molecule has 1 atom stereocenters. The summed E-state index contributed by atoms with van der Waals surface area (Å²) in [6.07, 6.45) is 3.31. The molecule has 12 heteroatoms. The number of carbonyl (C=O) groups is 1. The SMILES string of the molecule is CC(N)C(=O)N1CCN(Cc2cc3nc(-c4cnc(N)nc4)nc(N4CCOCC4)c3s2)CC1. The van der Waals surface area contributed by atoms with Crippen LogP contribution < -0.4 is 16.4 Å². The van der Waals surface area contributed by atoms with Gasteiger partial charge in [-0.15, -0.1) is 11.3 Å². The predicted molar refractivity (Wildman–Crippen MR) is 131 cm³/mol. The number of aromatic nitrogens is 4. The number of anilines is 2. The zero-order valence-corrected chi connectivity index (χ0v) is 20.0. The maximum Gasteiger partial charge on any atom is 0.239 e. The van der Waals surface area contributed by atoms with E-state index in [1.807, 2.05) is 4.90 Å². The van der Waals surface area contributed by atoms with Gasteiger partial charge in [0, 0.05) is 63.1 Å². The number of amides is 1. The van der Waals surface area contributed by atoms with Crippen molar-refractivity contribution in [2.75, 3.05) is 63.1 Å². The summed E-state index contributed by atoms with van der Waals surface area (Å²) in [5.74, 6) is 1.75. The highest BCUT2D eigenvalue weighted by molar-refractivity contribution is 7.19. The number of piperazine rings is 1. The third kappa shape index (κ3) is 4.80. The van der Waals surface area contributed by atoms with E-state index < -0.39 is 6.04 Å². The molecular weight excluding hydrogens is 454 g/mol. The summed E-state index contributed by atoms with van der Waals surface area (Å²) in [4.78, 5) is 37.8. The van der Waals surface area contributed by atoms with Gasteiger partial charge in [-0.1, -0.05) is 0 Å². The molecule has 0 saturated carbocycles. The zero-order valence-electron chi connectivity index (χ0n) is 19.2. The molecule has 0 radical (unpaired) electrons. The molecule has 1 amide bonds. The van der Waals surface area contributed by atoms with Crippen LogP contribution in [0, 0.1) is 0 Å². The summed E-state index contributed by atoms with van der Waals surface area (Å²) >= 11 is 1.73. The number of rotatable bonds is 5. The van der Waals surface area contributed by atoms with Crippen LogP contribution in [0.3, 0.4) is 0 Å². The zero-order chi connectivity index (χ0) is 23.7. The van der Waals surface area contributed by atoms with Gasteiger partial charge < -0.3 is 26.0 Å². The van der Waals surface area contributed by atoms with Crippen LogP contribution in [0.2, 0.25) is 0 Å². The molecule has 11 nitrogen and oxygen atoms in total. The van der Waals surface area contributed by atoms with E-state index in [-0.39, 0.29) is 11.9 Å². The average molecular weight is 484 g/mol. The van der Waals surface area contributed by atoms with E-state index >= 15 is 0 Å². The Kier molecular flexibility index (Phi) is 6.55. The number of carbonyl (C=O) groups excluding carboxylic acids is 1. The standard InChI is InChI=1S/C22H29N9O2S/c1-14(23)21(32)31-4-2-29(3-5-31)13-16-10-17-18(34-16)20(30-6-8-33-9-7-30)28-19(27-17)15-11-25-22(24)26-12-15/h10-12,14H,2-9,13,23H2,1H3,(H2,24,25,26). The number of hydrogen-bond acceptors (Lipinski definition) is 11. The van der Waals surface area contributed by atoms with Crippen molar-refractivity contribution in [3.63, 3.8) is 0 Å². The summed E-state index contributed by atoms with van der Waals surface area (Å²) in [7, 11) is 0. The van der Waals surface area contributed by atoms with Gasteiger partial charge in [0.15, 0.2) is 11.6 Å². The maximum absolute atomic E-state index is 12.2. The molecule has 2 fully saturated rings. The minimum Gasteiger partial charge on any atom is -0.378 e. The van der Waals surface area contributed by atoms with E-state index in [0.29, 0.717) is 32.1 Å². The molecule has 4 N–H and O–H groups in total. The first-order chi connectivity index (χ1) is 16.5. The van der Waals surface area contributed by atoms with Gasteiger partial charge in [0.05, 0.1) is 35.0 Å². The van der Waals surface area contributed by atoms with E-state index in [1.54, 1.807) is 30.7 Å². The van der Waals surface area contributed by atoms with E-state index in [2.05, 4.69) is 25.8 Å². The van der Waals surface area contributed by atoms with Crippen LogP contribution in [0.4, 0.5) is 11.8 Å². The fourth-order valence-electron chi connectivity index (χ4n) is 4.25. The van der Waals surface area contributed by atoms with Crippen molar-refractivity contribution in [1.82, 2.24) is 29.7 Å². The number of morpholine rings is 1. The molecule has 3 aromatic heterocycles. The lowest BCUT2D eigenvalue weighted by Crippen LogP contribution is -2.52. The Balaban J connectivity index is 1.41. The van der Waals surface area contributed by atoms with Crippen molar-refractivity contribution >= 4 is 39.2 Å². The number of nitrogens with two attached hydrogens (primary N) is 2. The Morgan fingerprint density at radius 2 is 1.82 bits per heavy atom. The summed E-state index contributed by atoms with van der Waals surface area (Å²) < 4.78 is 6.62. The summed E-state index contributed by atoms with van der Waals surface area (Å²) in [6.45, 7) is 8.51. The third-order valence-electron chi connectivity index (χ3n) is 6.10. The fourth-order valence-corrected chi connectivity index (χ4v) is 5.40. The Labute approximate surface area is 201 Å². The first-order valence-corrected chi connectivity index (χ1v) is 12.3. The summed E-state index contributed by atoms with van der Waals surface area (Å²) in [5.41, 5.74) is 13.1. The van der Waals surface area contributed by atoms with Crippen molar-refractivity contribution < 1.29 is 9.53 Å². The molecule has 0 spiro atoms. The first-order valence-electron chi connectivity index (χ1n) is 11.5. The van der Waals surface area contributed by atoms with Gasteiger partial charge in [-0.3, -0.25) is 9.69 Å². The number of nitrogens with zero attached hydrogens (tertiary/aromatic N) is 7. The monoisotopic (exact) mass is 483 g/mol. The Morgan fingerprint density at radius 1 is 1.12 bits per heavy atom. The largest absolute Gasteiger partial charge is 0.378 e. The molecule has 0 aromatic carbocycles. The number of fused-ring (bicyclic) bond motifs is 1. The van der Waals surface area contributed by atoms with Crippen LogP contribution in [-0.2, 0) is 16.1 Å². The molecule has 34 heavy (non-hydrogen) atoms. The number of hydrogen-bond donors (Lipinski definition) is 2. The predicted octanol–water partition coefficient (Wildman–Crippen LogP) is 0.559. The lowest BCUT2D eigenvalue weighted by molar-refractivity contribution is -0.134. The van der Waals surface area contributed by atoms with Gasteiger partial charge in [-0.05, 0) is 13.0 Å². The van der Waals surface area contributed by atoms with E-state index in [9.17, 15) is 4.79 Å². The molecule has 2 aliphatic heterocycles.